The van der Waals surface area contributed by atoms with Crippen LogP contribution in [0.25, 0.3) is 0 Å². The van der Waals surface area contributed by atoms with E-state index in [4.69, 9.17) is 5.73 Å². The number of carbonyl (C=O) groups excluding carboxylic acids is 1. The summed E-state index contributed by atoms with van der Waals surface area (Å²) in [5, 5.41) is 27.4. The number of primary amides is 1. The SMILES string of the molecule is CN(C)CC(C)(C)CC1C(n2cc(C(N)=O)c(Nc3ccc(F)cc3)n2)C(C#N)CCN1C(=O)O. The average molecular weight is 486 g/mol. The number of piperidine rings is 1. The minimum absolute atomic E-state index is 0.0877. The Bertz CT molecular complexity index is 1110. The summed E-state index contributed by atoms with van der Waals surface area (Å²) in [7, 11) is 3.90. The van der Waals surface area contributed by atoms with Gasteiger partial charge in [0.2, 0.25) is 0 Å². The van der Waals surface area contributed by atoms with Gasteiger partial charge >= 0.3 is 6.09 Å². The van der Waals surface area contributed by atoms with Gasteiger partial charge in [-0.05, 0) is 56.6 Å². The highest BCUT2D eigenvalue weighted by atomic mass is 19.1. The lowest BCUT2D eigenvalue weighted by Crippen LogP contribution is -2.54. The van der Waals surface area contributed by atoms with Crippen molar-refractivity contribution >= 4 is 23.5 Å². The molecule has 0 spiro atoms. The molecule has 0 radical (unpaired) electrons. The predicted octanol–water partition coefficient (Wildman–Crippen LogP) is 3.28. The van der Waals surface area contributed by atoms with Gasteiger partial charge in [-0.15, -0.1) is 0 Å². The monoisotopic (exact) mass is 485 g/mol. The van der Waals surface area contributed by atoms with Crippen LogP contribution in [-0.2, 0) is 0 Å². The van der Waals surface area contributed by atoms with Gasteiger partial charge < -0.3 is 26.0 Å². The van der Waals surface area contributed by atoms with Crippen LogP contribution in [0.4, 0.5) is 20.7 Å². The number of carbonyl (C=O) groups is 2. The van der Waals surface area contributed by atoms with Crippen molar-refractivity contribution in [2.24, 2.45) is 17.1 Å². The fourth-order valence-corrected chi connectivity index (χ4v) is 5.01. The van der Waals surface area contributed by atoms with Gasteiger partial charge in [0.15, 0.2) is 5.82 Å². The third kappa shape index (κ3) is 6.08. The molecule has 10 nitrogen and oxygen atoms in total. The number of rotatable bonds is 8. The fraction of sp³-hybridized carbons (Fsp3) is 0.500. The number of aromatic nitrogens is 2. The summed E-state index contributed by atoms with van der Waals surface area (Å²) in [6.45, 7) is 5.06. The molecule has 2 aromatic rings. The molecule has 3 rings (SSSR count). The third-order valence-corrected chi connectivity index (χ3v) is 6.22. The summed E-state index contributed by atoms with van der Waals surface area (Å²) in [4.78, 5) is 27.8. The molecule has 4 N–H and O–H groups in total. The summed E-state index contributed by atoms with van der Waals surface area (Å²) in [5.41, 5.74) is 5.91. The molecule has 1 aromatic heterocycles. The van der Waals surface area contributed by atoms with E-state index < -0.39 is 35.8 Å². The van der Waals surface area contributed by atoms with Gasteiger partial charge in [0, 0.05) is 25.0 Å². The predicted molar refractivity (Wildman–Crippen MR) is 129 cm³/mol. The van der Waals surface area contributed by atoms with Crippen molar-refractivity contribution in [3.05, 3.63) is 41.8 Å². The largest absolute Gasteiger partial charge is 0.465 e. The third-order valence-electron chi connectivity index (χ3n) is 6.22. The van der Waals surface area contributed by atoms with E-state index in [9.17, 15) is 24.3 Å². The maximum absolute atomic E-state index is 13.3. The summed E-state index contributed by atoms with van der Waals surface area (Å²) in [5.74, 6) is -1.51. The van der Waals surface area contributed by atoms with Gasteiger partial charge in [0.25, 0.3) is 5.91 Å². The number of anilines is 2. The summed E-state index contributed by atoms with van der Waals surface area (Å²) >= 11 is 0. The van der Waals surface area contributed by atoms with E-state index in [1.165, 1.54) is 40.0 Å². The number of hydrogen-bond acceptors (Lipinski definition) is 6. The Balaban J connectivity index is 2.06. The summed E-state index contributed by atoms with van der Waals surface area (Å²) in [6, 6.07) is 6.65. The van der Waals surface area contributed by atoms with E-state index in [2.05, 4.69) is 30.3 Å². The van der Waals surface area contributed by atoms with Crippen molar-refractivity contribution in [3.8, 4) is 6.07 Å². The maximum atomic E-state index is 13.3. The molecular formula is C24H32FN7O3. The number of nitrogens with zero attached hydrogens (tertiary/aromatic N) is 5. The Morgan fingerprint density at radius 3 is 2.54 bits per heavy atom. The molecule has 1 fully saturated rings. The molecule has 0 bridgehead atoms. The molecule has 0 aliphatic carbocycles. The van der Waals surface area contributed by atoms with Crippen LogP contribution in [-0.4, -0.2) is 69.9 Å². The molecule has 11 heteroatoms. The molecule has 2 heterocycles. The Morgan fingerprint density at radius 1 is 1.34 bits per heavy atom. The van der Waals surface area contributed by atoms with E-state index in [0.29, 0.717) is 25.1 Å². The zero-order chi connectivity index (χ0) is 25.9. The van der Waals surface area contributed by atoms with Gasteiger partial charge in [-0.1, -0.05) is 13.8 Å². The molecule has 3 atom stereocenters. The van der Waals surface area contributed by atoms with Crippen molar-refractivity contribution in [2.45, 2.75) is 38.8 Å². The Kier molecular flexibility index (Phi) is 7.65. The van der Waals surface area contributed by atoms with Crippen molar-refractivity contribution in [3.63, 3.8) is 0 Å². The van der Waals surface area contributed by atoms with Gasteiger partial charge in [-0.3, -0.25) is 9.48 Å². The lowest BCUT2D eigenvalue weighted by molar-refractivity contribution is 0.0349. The van der Waals surface area contributed by atoms with Gasteiger partial charge in [0.05, 0.1) is 24.1 Å². The first kappa shape index (κ1) is 26.0. The smallest absolute Gasteiger partial charge is 0.407 e. The summed E-state index contributed by atoms with van der Waals surface area (Å²) in [6.07, 6.45) is 1.21. The molecule has 1 saturated heterocycles. The second-order valence-electron chi connectivity index (χ2n) is 10.0. The normalized spacial score (nSPS) is 20.5. The molecule has 188 valence electrons. The van der Waals surface area contributed by atoms with Gasteiger partial charge in [0.1, 0.15) is 11.4 Å². The zero-order valence-corrected chi connectivity index (χ0v) is 20.4. The maximum Gasteiger partial charge on any atom is 0.407 e. The molecule has 3 unspecified atom stereocenters. The summed E-state index contributed by atoms with van der Waals surface area (Å²) < 4.78 is 14.8. The first-order valence-corrected chi connectivity index (χ1v) is 11.4. The first-order valence-electron chi connectivity index (χ1n) is 11.4. The van der Waals surface area contributed by atoms with E-state index in [-0.39, 0.29) is 23.3 Å². The molecule has 35 heavy (non-hydrogen) atoms. The minimum Gasteiger partial charge on any atom is -0.465 e. The van der Waals surface area contributed by atoms with Crippen molar-refractivity contribution in [1.29, 1.82) is 5.26 Å². The number of benzene rings is 1. The van der Waals surface area contributed by atoms with Gasteiger partial charge in [-0.25, -0.2) is 9.18 Å². The first-order chi connectivity index (χ1) is 16.4. The molecule has 2 amide bonds. The number of halogens is 1. The van der Waals surface area contributed by atoms with Crippen molar-refractivity contribution < 1.29 is 19.1 Å². The highest BCUT2D eigenvalue weighted by Gasteiger charge is 2.45. The lowest BCUT2D eigenvalue weighted by atomic mass is 9.77. The van der Waals surface area contributed by atoms with Crippen LogP contribution in [0.2, 0.25) is 0 Å². The zero-order valence-electron chi connectivity index (χ0n) is 20.4. The second-order valence-corrected chi connectivity index (χ2v) is 10.0. The van der Waals surface area contributed by atoms with Crippen LogP contribution in [0, 0.1) is 28.5 Å². The van der Waals surface area contributed by atoms with Crippen molar-refractivity contribution in [2.75, 3.05) is 32.5 Å². The minimum atomic E-state index is -1.07. The van der Waals surface area contributed by atoms with E-state index in [1.807, 2.05) is 19.0 Å². The van der Waals surface area contributed by atoms with Crippen LogP contribution in [0.3, 0.4) is 0 Å². The van der Waals surface area contributed by atoms with Crippen LogP contribution < -0.4 is 11.1 Å². The Morgan fingerprint density at radius 2 is 2.00 bits per heavy atom. The Labute approximate surface area is 204 Å². The van der Waals surface area contributed by atoms with Gasteiger partial charge in [-0.2, -0.15) is 10.4 Å². The van der Waals surface area contributed by atoms with Crippen LogP contribution in [0.1, 0.15) is 43.1 Å². The lowest BCUT2D eigenvalue weighted by Gasteiger charge is -2.45. The van der Waals surface area contributed by atoms with E-state index in [0.717, 1.165) is 0 Å². The van der Waals surface area contributed by atoms with Crippen molar-refractivity contribution in [1.82, 2.24) is 19.6 Å². The average Bonchev–Trinajstić information content (AvgIpc) is 3.17. The molecular weight excluding hydrogens is 453 g/mol. The molecule has 1 aliphatic rings. The van der Waals surface area contributed by atoms with Crippen LogP contribution >= 0.6 is 0 Å². The number of nitrogens with two attached hydrogens (primary N) is 1. The van der Waals surface area contributed by atoms with Crippen LogP contribution in [0.15, 0.2) is 30.5 Å². The highest BCUT2D eigenvalue weighted by molar-refractivity contribution is 5.98. The standard InChI is InChI=1S/C24H32FN7O3/c1-24(2,14-30(3)4)11-19-20(15(12-26)9-10-31(19)23(34)35)32-13-18(21(27)33)22(29-32)28-17-7-5-16(25)6-8-17/h5-8,13,15,19-20H,9-11,14H2,1-4H3,(H2,27,33)(H,28,29)(H,34,35). The number of likely N-dealkylation sites (tertiary alicyclic amines) is 1. The van der Waals surface area contributed by atoms with Crippen LogP contribution in [0.5, 0.6) is 0 Å². The quantitative estimate of drug-likeness (QED) is 0.521. The Hall–Kier alpha value is -3.65. The number of amides is 2. The number of hydrogen-bond donors (Lipinski definition) is 3. The van der Waals surface area contributed by atoms with E-state index in [1.54, 1.807) is 0 Å². The molecule has 0 saturated carbocycles. The highest BCUT2D eigenvalue weighted by Crippen LogP contribution is 2.40. The number of carboxylic acid groups (broad SMARTS) is 1. The number of nitriles is 1. The topological polar surface area (TPSA) is 141 Å². The second kappa shape index (κ2) is 10.3. The molecule has 1 aromatic carbocycles. The number of nitrogens with one attached hydrogen (secondary N) is 1. The van der Waals surface area contributed by atoms with E-state index >= 15 is 0 Å². The molecule has 1 aliphatic heterocycles. The fourth-order valence-electron chi connectivity index (χ4n) is 5.01.